The normalized spacial score (nSPS) is 10.6. The molecule has 0 saturated heterocycles. The van der Waals surface area contributed by atoms with Crippen molar-refractivity contribution in [3.05, 3.63) is 73.6 Å². The van der Waals surface area contributed by atoms with Gasteiger partial charge in [0.05, 0.1) is 0 Å². The van der Waals surface area contributed by atoms with E-state index in [9.17, 15) is 9.59 Å². The molecule has 2 aromatic carbocycles. The van der Waals surface area contributed by atoms with Crippen molar-refractivity contribution in [1.29, 1.82) is 0 Å². The molecule has 0 aliphatic heterocycles. The third kappa shape index (κ3) is 2.89. The zero-order valence-electron chi connectivity index (χ0n) is 11.7. The fourth-order valence-corrected chi connectivity index (χ4v) is 2.82. The Morgan fingerprint density at radius 1 is 1.14 bits per heavy atom. The SMILES string of the molecule is Cc1cc(I)ccc1NC(=O)c1cc2ccccc2oc1=O. The van der Waals surface area contributed by atoms with Gasteiger partial charge in [0.15, 0.2) is 0 Å². The van der Waals surface area contributed by atoms with E-state index in [1.54, 1.807) is 24.3 Å². The van der Waals surface area contributed by atoms with E-state index in [1.807, 2.05) is 31.2 Å². The molecule has 0 aliphatic carbocycles. The van der Waals surface area contributed by atoms with Crippen molar-refractivity contribution in [3.63, 3.8) is 0 Å². The summed E-state index contributed by atoms with van der Waals surface area (Å²) in [6, 6.07) is 14.3. The molecule has 22 heavy (non-hydrogen) atoms. The van der Waals surface area contributed by atoms with E-state index in [0.29, 0.717) is 16.7 Å². The summed E-state index contributed by atoms with van der Waals surface area (Å²) in [7, 11) is 0. The second kappa shape index (κ2) is 5.92. The molecule has 0 atom stereocenters. The summed E-state index contributed by atoms with van der Waals surface area (Å²) in [6.45, 7) is 1.90. The lowest BCUT2D eigenvalue weighted by atomic mass is 10.1. The van der Waals surface area contributed by atoms with Crippen LogP contribution in [0.5, 0.6) is 0 Å². The van der Waals surface area contributed by atoms with E-state index in [0.717, 1.165) is 9.13 Å². The van der Waals surface area contributed by atoms with Crippen molar-refractivity contribution in [1.82, 2.24) is 0 Å². The highest BCUT2D eigenvalue weighted by molar-refractivity contribution is 14.1. The molecule has 0 spiro atoms. The summed E-state index contributed by atoms with van der Waals surface area (Å²) < 4.78 is 6.27. The van der Waals surface area contributed by atoms with Gasteiger partial charge in [-0.2, -0.15) is 0 Å². The molecular weight excluding hydrogens is 393 g/mol. The van der Waals surface area contributed by atoms with Crippen LogP contribution in [0.25, 0.3) is 11.0 Å². The van der Waals surface area contributed by atoms with Crippen LogP contribution in [-0.4, -0.2) is 5.91 Å². The Labute approximate surface area is 140 Å². The maximum absolute atomic E-state index is 12.3. The second-order valence-electron chi connectivity index (χ2n) is 4.90. The maximum Gasteiger partial charge on any atom is 0.349 e. The smallest absolute Gasteiger partial charge is 0.349 e. The number of aryl methyl sites for hydroxylation is 1. The molecule has 3 rings (SSSR count). The van der Waals surface area contributed by atoms with Gasteiger partial charge in [0.25, 0.3) is 5.91 Å². The third-order valence-electron chi connectivity index (χ3n) is 3.32. The van der Waals surface area contributed by atoms with E-state index in [4.69, 9.17) is 4.42 Å². The van der Waals surface area contributed by atoms with E-state index in [1.165, 1.54) is 0 Å². The summed E-state index contributed by atoms with van der Waals surface area (Å²) >= 11 is 2.20. The minimum Gasteiger partial charge on any atom is -0.422 e. The number of amides is 1. The Morgan fingerprint density at radius 3 is 2.68 bits per heavy atom. The quantitative estimate of drug-likeness (QED) is 0.519. The Hall–Kier alpha value is -2.15. The molecule has 0 aliphatic rings. The number of benzene rings is 2. The minimum atomic E-state index is -0.639. The van der Waals surface area contributed by atoms with Crippen LogP contribution in [-0.2, 0) is 0 Å². The first-order valence-electron chi connectivity index (χ1n) is 6.65. The molecule has 1 aromatic heterocycles. The molecule has 1 heterocycles. The zero-order chi connectivity index (χ0) is 15.7. The Balaban J connectivity index is 1.98. The molecular formula is C17H12INO3. The number of para-hydroxylation sites is 1. The van der Waals surface area contributed by atoms with Crippen LogP contribution < -0.4 is 10.9 Å². The van der Waals surface area contributed by atoms with Crippen molar-refractivity contribution in [2.24, 2.45) is 0 Å². The molecule has 4 nitrogen and oxygen atoms in total. The Morgan fingerprint density at radius 2 is 1.91 bits per heavy atom. The summed E-state index contributed by atoms with van der Waals surface area (Å²) in [5, 5.41) is 3.47. The van der Waals surface area contributed by atoms with Gasteiger partial charge >= 0.3 is 5.63 Å². The molecule has 110 valence electrons. The topological polar surface area (TPSA) is 59.3 Å². The highest BCUT2D eigenvalue weighted by Crippen LogP contribution is 2.19. The first kappa shape index (κ1) is 14.8. The Bertz CT molecular complexity index is 931. The lowest BCUT2D eigenvalue weighted by Gasteiger charge is -2.08. The van der Waals surface area contributed by atoms with Crippen molar-refractivity contribution < 1.29 is 9.21 Å². The van der Waals surface area contributed by atoms with Crippen molar-refractivity contribution in [3.8, 4) is 0 Å². The van der Waals surface area contributed by atoms with Gasteiger partial charge in [0, 0.05) is 14.6 Å². The number of carbonyl (C=O) groups is 1. The van der Waals surface area contributed by atoms with Gasteiger partial charge in [-0.05, 0) is 65.4 Å². The van der Waals surface area contributed by atoms with Crippen LogP contribution in [0.1, 0.15) is 15.9 Å². The predicted octanol–water partition coefficient (Wildman–Crippen LogP) is 3.96. The standard InChI is InChI=1S/C17H12INO3/c1-10-8-12(18)6-7-14(10)19-16(20)13-9-11-4-2-3-5-15(11)22-17(13)21/h2-9H,1H3,(H,19,20). The monoisotopic (exact) mass is 405 g/mol. The third-order valence-corrected chi connectivity index (χ3v) is 3.99. The van der Waals surface area contributed by atoms with Crippen LogP contribution >= 0.6 is 22.6 Å². The van der Waals surface area contributed by atoms with Crippen molar-refractivity contribution >= 4 is 45.2 Å². The molecule has 1 amide bonds. The summed E-state index contributed by atoms with van der Waals surface area (Å²) in [5.74, 6) is -0.469. The van der Waals surface area contributed by atoms with E-state index in [-0.39, 0.29) is 5.56 Å². The van der Waals surface area contributed by atoms with Gasteiger partial charge < -0.3 is 9.73 Å². The molecule has 1 N–H and O–H groups in total. The van der Waals surface area contributed by atoms with Crippen LogP contribution in [0.15, 0.2) is 57.7 Å². The van der Waals surface area contributed by atoms with E-state index < -0.39 is 11.5 Å². The number of nitrogens with one attached hydrogen (secondary N) is 1. The number of hydrogen-bond acceptors (Lipinski definition) is 3. The van der Waals surface area contributed by atoms with Crippen LogP contribution in [0.2, 0.25) is 0 Å². The molecule has 0 unspecified atom stereocenters. The maximum atomic E-state index is 12.3. The van der Waals surface area contributed by atoms with Gasteiger partial charge in [-0.15, -0.1) is 0 Å². The number of rotatable bonds is 2. The molecule has 5 heteroatoms. The van der Waals surface area contributed by atoms with E-state index in [2.05, 4.69) is 27.9 Å². The predicted molar refractivity (Wildman–Crippen MR) is 94.3 cm³/mol. The number of fused-ring (bicyclic) bond motifs is 1. The van der Waals surface area contributed by atoms with Gasteiger partial charge in [-0.1, -0.05) is 18.2 Å². The largest absolute Gasteiger partial charge is 0.422 e. The highest BCUT2D eigenvalue weighted by atomic mass is 127. The van der Waals surface area contributed by atoms with Crippen molar-refractivity contribution in [2.45, 2.75) is 6.92 Å². The number of carbonyl (C=O) groups excluding carboxylic acids is 1. The minimum absolute atomic E-state index is 0.00310. The molecule has 0 bridgehead atoms. The molecule has 0 fully saturated rings. The number of hydrogen-bond donors (Lipinski definition) is 1. The number of halogens is 1. The van der Waals surface area contributed by atoms with Crippen molar-refractivity contribution in [2.75, 3.05) is 5.32 Å². The number of anilines is 1. The molecule has 0 radical (unpaired) electrons. The van der Waals surface area contributed by atoms with Crippen LogP contribution in [0, 0.1) is 10.5 Å². The second-order valence-corrected chi connectivity index (χ2v) is 6.14. The van der Waals surface area contributed by atoms with Crippen LogP contribution in [0.3, 0.4) is 0 Å². The first-order chi connectivity index (χ1) is 10.5. The summed E-state index contributed by atoms with van der Waals surface area (Å²) in [4.78, 5) is 24.3. The van der Waals surface area contributed by atoms with Gasteiger partial charge in [-0.3, -0.25) is 4.79 Å². The summed E-state index contributed by atoms with van der Waals surface area (Å²) in [6.07, 6.45) is 0. The van der Waals surface area contributed by atoms with E-state index >= 15 is 0 Å². The fraction of sp³-hybridized carbons (Fsp3) is 0.0588. The highest BCUT2D eigenvalue weighted by Gasteiger charge is 2.14. The molecule has 3 aromatic rings. The fourth-order valence-electron chi connectivity index (χ4n) is 2.18. The van der Waals surface area contributed by atoms with Gasteiger partial charge in [-0.25, -0.2) is 4.79 Å². The zero-order valence-corrected chi connectivity index (χ0v) is 13.9. The average Bonchev–Trinajstić information content (AvgIpc) is 2.49. The van der Waals surface area contributed by atoms with Crippen LogP contribution in [0.4, 0.5) is 5.69 Å². The first-order valence-corrected chi connectivity index (χ1v) is 7.73. The Kier molecular flexibility index (Phi) is 3.98. The van der Waals surface area contributed by atoms with Gasteiger partial charge in [0.1, 0.15) is 11.1 Å². The van der Waals surface area contributed by atoms with Gasteiger partial charge in [0.2, 0.25) is 0 Å². The lowest BCUT2D eigenvalue weighted by Crippen LogP contribution is -2.21. The average molecular weight is 405 g/mol. The summed E-state index contributed by atoms with van der Waals surface area (Å²) in [5.41, 5.74) is 1.44. The lowest BCUT2D eigenvalue weighted by molar-refractivity contribution is 0.102. The molecule has 0 saturated carbocycles.